The lowest BCUT2D eigenvalue weighted by Crippen LogP contribution is -2.36. The molecular weight excluding hydrogens is 316 g/mol. The van der Waals surface area contributed by atoms with Crippen LogP contribution in [-0.4, -0.2) is 18.4 Å². The normalized spacial score (nSPS) is 11.0. The number of anilines is 1. The highest BCUT2D eigenvalue weighted by Crippen LogP contribution is 2.25. The molecule has 3 aromatic rings. The summed E-state index contributed by atoms with van der Waals surface area (Å²) in [5, 5.41) is 13.4. The number of para-hydroxylation sites is 1. The molecular formula is C17H19N8+. The predicted octanol–water partition coefficient (Wildman–Crippen LogP) is 4.12. The second-order valence-electron chi connectivity index (χ2n) is 5.67. The highest BCUT2D eigenvalue weighted by Gasteiger charge is 2.18. The van der Waals surface area contributed by atoms with Gasteiger partial charge in [0.2, 0.25) is 0 Å². The molecule has 0 aliphatic carbocycles. The van der Waals surface area contributed by atoms with Crippen LogP contribution in [0, 0.1) is 0 Å². The number of azide groups is 1. The SMILES string of the molecule is CN(CN=[N+]=[N-])c1ccc(N=Nc2c3ccccc3n(C)[n+]2C)cc1. The Kier molecular flexibility index (Phi) is 4.63. The summed E-state index contributed by atoms with van der Waals surface area (Å²) < 4.78 is 4.01. The Morgan fingerprint density at radius 2 is 1.84 bits per heavy atom. The van der Waals surface area contributed by atoms with Crippen molar-refractivity contribution in [3.05, 3.63) is 59.0 Å². The number of benzene rings is 2. The van der Waals surface area contributed by atoms with Gasteiger partial charge >= 0.3 is 5.82 Å². The van der Waals surface area contributed by atoms with Gasteiger partial charge in [-0.05, 0) is 47.0 Å². The fourth-order valence-corrected chi connectivity index (χ4v) is 2.63. The fraction of sp³-hybridized carbons (Fsp3) is 0.235. The van der Waals surface area contributed by atoms with Crippen LogP contribution in [0.4, 0.5) is 17.2 Å². The van der Waals surface area contributed by atoms with Crippen molar-refractivity contribution < 1.29 is 4.68 Å². The number of aromatic nitrogens is 2. The molecule has 25 heavy (non-hydrogen) atoms. The molecule has 0 N–H and O–H groups in total. The van der Waals surface area contributed by atoms with Gasteiger partial charge in [-0.25, -0.2) is 4.68 Å². The summed E-state index contributed by atoms with van der Waals surface area (Å²) in [4.78, 5) is 4.61. The van der Waals surface area contributed by atoms with E-state index in [0.29, 0.717) is 0 Å². The molecule has 0 radical (unpaired) electrons. The number of nitrogens with zero attached hydrogens (tertiary/aromatic N) is 8. The summed E-state index contributed by atoms with van der Waals surface area (Å²) in [6.07, 6.45) is 0. The first-order valence-electron chi connectivity index (χ1n) is 7.79. The molecule has 3 rings (SSSR count). The van der Waals surface area contributed by atoms with Crippen molar-refractivity contribution in [3.8, 4) is 0 Å². The summed E-state index contributed by atoms with van der Waals surface area (Å²) in [5.74, 6) is 0.808. The molecule has 0 amide bonds. The number of hydrogen-bond donors (Lipinski definition) is 0. The van der Waals surface area contributed by atoms with Crippen LogP contribution < -0.4 is 9.58 Å². The minimum absolute atomic E-state index is 0.281. The Balaban J connectivity index is 1.86. The van der Waals surface area contributed by atoms with Gasteiger partial charge in [0.05, 0.1) is 22.7 Å². The van der Waals surface area contributed by atoms with Crippen molar-refractivity contribution in [2.45, 2.75) is 0 Å². The maximum Gasteiger partial charge on any atom is 0.378 e. The molecule has 8 nitrogen and oxygen atoms in total. The first-order valence-corrected chi connectivity index (χ1v) is 7.79. The second-order valence-corrected chi connectivity index (χ2v) is 5.67. The minimum Gasteiger partial charge on any atom is -0.369 e. The first kappa shape index (κ1) is 16.5. The fourth-order valence-electron chi connectivity index (χ4n) is 2.63. The zero-order valence-corrected chi connectivity index (χ0v) is 14.4. The molecule has 0 saturated carbocycles. The molecule has 2 aromatic carbocycles. The molecule has 1 heterocycles. The van der Waals surface area contributed by atoms with E-state index < -0.39 is 0 Å². The number of hydrogen-bond acceptors (Lipinski definition) is 4. The summed E-state index contributed by atoms with van der Waals surface area (Å²) >= 11 is 0. The maximum absolute atomic E-state index is 8.38. The van der Waals surface area contributed by atoms with E-state index in [-0.39, 0.29) is 6.67 Å². The lowest BCUT2D eigenvalue weighted by molar-refractivity contribution is -0.737. The molecule has 0 fully saturated rings. The summed E-state index contributed by atoms with van der Waals surface area (Å²) in [6.45, 7) is 0.281. The van der Waals surface area contributed by atoms with Crippen molar-refractivity contribution in [2.24, 2.45) is 29.4 Å². The number of rotatable bonds is 5. The monoisotopic (exact) mass is 335 g/mol. The zero-order chi connectivity index (χ0) is 17.8. The molecule has 8 heteroatoms. The van der Waals surface area contributed by atoms with Gasteiger partial charge in [0.15, 0.2) is 0 Å². The number of azo groups is 1. The lowest BCUT2D eigenvalue weighted by Gasteiger charge is -2.15. The Labute approximate surface area is 145 Å². The van der Waals surface area contributed by atoms with Gasteiger partial charge in [-0.1, -0.05) is 17.2 Å². The van der Waals surface area contributed by atoms with E-state index in [0.717, 1.165) is 28.1 Å². The molecule has 0 unspecified atom stereocenters. The molecule has 0 bridgehead atoms. The smallest absolute Gasteiger partial charge is 0.369 e. The average Bonchev–Trinajstić information content (AvgIpc) is 2.89. The van der Waals surface area contributed by atoms with Crippen LogP contribution in [0.1, 0.15) is 0 Å². The van der Waals surface area contributed by atoms with Gasteiger partial charge in [-0.15, -0.1) is 0 Å². The minimum atomic E-state index is 0.281. The quantitative estimate of drug-likeness (QED) is 0.298. The lowest BCUT2D eigenvalue weighted by atomic mass is 10.2. The van der Waals surface area contributed by atoms with Crippen LogP contribution in [0.15, 0.2) is 63.9 Å². The summed E-state index contributed by atoms with van der Waals surface area (Å²) in [6, 6.07) is 15.7. The van der Waals surface area contributed by atoms with E-state index in [2.05, 4.69) is 26.3 Å². The van der Waals surface area contributed by atoms with E-state index in [1.165, 1.54) is 0 Å². The van der Waals surface area contributed by atoms with Crippen LogP contribution in [0.2, 0.25) is 0 Å². The van der Waals surface area contributed by atoms with Crippen molar-refractivity contribution >= 4 is 28.1 Å². The van der Waals surface area contributed by atoms with Crippen molar-refractivity contribution in [1.82, 2.24) is 4.68 Å². The van der Waals surface area contributed by atoms with Crippen molar-refractivity contribution in [2.75, 3.05) is 18.6 Å². The van der Waals surface area contributed by atoms with Gasteiger partial charge < -0.3 is 4.90 Å². The van der Waals surface area contributed by atoms with Crippen LogP contribution >= 0.6 is 0 Å². The third kappa shape index (κ3) is 3.29. The zero-order valence-electron chi connectivity index (χ0n) is 14.4. The largest absolute Gasteiger partial charge is 0.378 e. The molecule has 0 aliphatic rings. The van der Waals surface area contributed by atoms with E-state index in [1.54, 1.807) is 0 Å². The third-order valence-corrected chi connectivity index (χ3v) is 4.14. The highest BCUT2D eigenvalue weighted by molar-refractivity contribution is 5.86. The Hall–Kier alpha value is -3.38. The molecule has 126 valence electrons. The average molecular weight is 335 g/mol. The number of aryl methyl sites for hydroxylation is 1. The van der Waals surface area contributed by atoms with Crippen molar-refractivity contribution in [3.63, 3.8) is 0 Å². The predicted molar refractivity (Wildman–Crippen MR) is 97.1 cm³/mol. The molecule has 0 aliphatic heterocycles. The molecule has 1 aromatic heterocycles. The highest BCUT2D eigenvalue weighted by atomic mass is 15.4. The van der Waals surface area contributed by atoms with Crippen molar-refractivity contribution in [1.29, 1.82) is 0 Å². The first-order chi connectivity index (χ1) is 12.1. The van der Waals surface area contributed by atoms with Gasteiger partial charge in [0.1, 0.15) is 12.7 Å². The summed E-state index contributed by atoms with van der Waals surface area (Å²) in [5.41, 5.74) is 11.2. The van der Waals surface area contributed by atoms with Crippen LogP contribution in [0.3, 0.4) is 0 Å². The Bertz CT molecular complexity index is 964. The van der Waals surface area contributed by atoms with Crippen LogP contribution in [0.5, 0.6) is 0 Å². The van der Waals surface area contributed by atoms with Gasteiger partial charge in [0.25, 0.3) is 0 Å². The van der Waals surface area contributed by atoms with E-state index >= 15 is 0 Å². The van der Waals surface area contributed by atoms with Crippen LogP contribution in [-0.2, 0) is 14.1 Å². The van der Waals surface area contributed by atoms with Gasteiger partial charge in [0, 0.05) is 24.7 Å². The topological polar surface area (TPSA) is 85.5 Å². The van der Waals surface area contributed by atoms with E-state index in [4.69, 9.17) is 5.53 Å². The standard InChI is InChI=1S/C17H19N8/c1-23(12-19-22-18)14-10-8-13(9-11-14)20-21-17-15-6-4-5-7-16(15)24(2)25(17)3/h4-11H,12H2,1-3H3/q+1. The van der Waals surface area contributed by atoms with E-state index in [1.807, 2.05) is 77.9 Å². The third-order valence-electron chi connectivity index (χ3n) is 4.14. The maximum atomic E-state index is 8.38. The van der Waals surface area contributed by atoms with Crippen LogP contribution in [0.25, 0.3) is 21.3 Å². The summed E-state index contributed by atoms with van der Waals surface area (Å²) in [7, 11) is 5.82. The Morgan fingerprint density at radius 3 is 2.56 bits per heavy atom. The Morgan fingerprint density at radius 1 is 1.12 bits per heavy atom. The molecule has 0 atom stereocenters. The number of fused-ring (bicyclic) bond motifs is 1. The van der Waals surface area contributed by atoms with E-state index in [9.17, 15) is 0 Å². The molecule has 0 spiro atoms. The molecule has 0 saturated heterocycles. The van der Waals surface area contributed by atoms with Gasteiger partial charge in [-0.2, -0.15) is 4.68 Å². The van der Waals surface area contributed by atoms with Gasteiger partial charge in [-0.3, -0.25) is 0 Å². The second kappa shape index (κ2) is 7.02.